The van der Waals surface area contributed by atoms with Gasteiger partial charge in [-0.1, -0.05) is 0 Å². The van der Waals surface area contributed by atoms with E-state index in [1.54, 1.807) is 29.7 Å². The summed E-state index contributed by atoms with van der Waals surface area (Å²) in [6.07, 6.45) is 1.59. The molecule has 106 valence electrons. The van der Waals surface area contributed by atoms with Gasteiger partial charge in [-0.2, -0.15) is 0 Å². The maximum atomic E-state index is 12.2. The summed E-state index contributed by atoms with van der Waals surface area (Å²) in [7, 11) is 0. The van der Waals surface area contributed by atoms with E-state index in [2.05, 4.69) is 5.32 Å². The number of hydrogen-bond donors (Lipinski definition) is 2. The highest BCUT2D eigenvalue weighted by molar-refractivity contribution is 7.12. The third kappa shape index (κ3) is 3.27. The van der Waals surface area contributed by atoms with Crippen LogP contribution in [0.15, 0.2) is 30.5 Å². The number of aliphatic carboxylic acids is 1. The lowest BCUT2D eigenvalue weighted by Gasteiger charge is -2.13. The highest BCUT2D eigenvalue weighted by Gasteiger charge is 2.16. The molecule has 1 amide bonds. The Balaban J connectivity index is 2.08. The van der Waals surface area contributed by atoms with E-state index in [9.17, 15) is 9.59 Å². The van der Waals surface area contributed by atoms with Gasteiger partial charge in [0.1, 0.15) is 12.2 Å². The summed E-state index contributed by atoms with van der Waals surface area (Å²) in [4.78, 5) is 25.2. The Kier molecular flexibility index (Phi) is 4.24. The van der Waals surface area contributed by atoms with Crippen LogP contribution in [0.25, 0.3) is 0 Å². The van der Waals surface area contributed by atoms with Crippen LogP contribution in [0.4, 0.5) is 0 Å². The van der Waals surface area contributed by atoms with Crippen LogP contribution in [0, 0.1) is 6.92 Å². The van der Waals surface area contributed by atoms with Gasteiger partial charge in [0.15, 0.2) is 0 Å². The molecule has 0 aliphatic heterocycles. The Labute approximate surface area is 120 Å². The van der Waals surface area contributed by atoms with Crippen molar-refractivity contribution >= 4 is 23.2 Å². The summed E-state index contributed by atoms with van der Waals surface area (Å²) in [5, 5.41) is 11.7. The zero-order chi connectivity index (χ0) is 14.7. The maximum Gasteiger partial charge on any atom is 0.323 e. The van der Waals surface area contributed by atoms with Gasteiger partial charge in [-0.25, -0.2) is 0 Å². The summed E-state index contributed by atoms with van der Waals surface area (Å²) < 4.78 is 1.42. The predicted octanol–water partition coefficient (Wildman–Crippen LogP) is 2.43. The highest BCUT2D eigenvalue weighted by Crippen LogP contribution is 2.22. The van der Waals surface area contributed by atoms with Gasteiger partial charge in [-0.15, -0.1) is 11.3 Å². The van der Waals surface area contributed by atoms with Crippen molar-refractivity contribution in [3.05, 3.63) is 45.9 Å². The van der Waals surface area contributed by atoms with Crippen LogP contribution in [-0.4, -0.2) is 21.6 Å². The molecule has 20 heavy (non-hydrogen) atoms. The van der Waals surface area contributed by atoms with Gasteiger partial charge < -0.3 is 15.0 Å². The fraction of sp³-hybridized carbons (Fsp3) is 0.286. The number of hydrogen-bond acceptors (Lipinski definition) is 3. The molecule has 0 aliphatic rings. The quantitative estimate of drug-likeness (QED) is 0.889. The molecule has 0 fully saturated rings. The Hall–Kier alpha value is -2.08. The molecule has 0 bridgehead atoms. The second kappa shape index (κ2) is 5.92. The Morgan fingerprint density at radius 2 is 2.15 bits per heavy atom. The second-order valence-corrected chi connectivity index (χ2v) is 5.88. The molecule has 0 radical (unpaired) electrons. The van der Waals surface area contributed by atoms with Crippen molar-refractivity contribution in [3.8, 4) is 0 Å². The van der Waals surface area contributed by atoms with Crippen LogP contribution in [0.5, 0.6) is 0 Å². The molecule has 1 unspecified atom stereocenters. The molecule has 1 atom stereocenters. The molecular weight excluding hydrogens is 276 g/mol. The molecule has 0 aliphatic carbocycles. The first-order chi connectivity index (χ1) is 9.47. The molecule has 0 saturated carbocycles. The van der Waals surface area contributed by atoms with Crippen LogP contribution < -0.4 is 5.32 Å². The number of carbonyl (C=O) groups is 2. The fourth-order valence-electron chi connectivity index (χ4n) is 1.93. The number of amides is 1. The van der Waals surface area contributed by atoms with Crippen LogP contribution in [-0.2, 0) is 11.3 Å². The van der Waals surface area contributed by atoms with Crippen LogP contribution in [0.2, 0.25) is 0 Å². The molecule has 6 heteroatoms. The fourth-order valence-corrected chi connectivity index (χ4v) is 2.81. The smallest absolute Gasteiger partial charge is 0.323 e. The number of aryl methyl sites for hydroxylation is 1. The third-order valence-corrected chi connectivity index (χ3v) is 4.09. The molecule has 5 nitrogen and oxygen atoms in total. The first kappa shape index (κ1) is 14.3. The largest absolute Gasteiger partial charge is 0.480 e. The number of nitrogens with one attached hydrogen (secondary N) is 1. The van der Waals surface area contributed by atoms with E-state index in [-0.39, 0.29) is 18.5 Å². The lowest BCUT2D eigenvalue weighted by Crippen LogP contribution is -2.28. The first-order valence-corrected chi connectivity index (χ1v) is 7.03. The summed E-state index contributed by atoms with van der Waals surface area (Å²) in [6, 6.07) is 7.17. The van der Waals surface area contributed by atoms with E-state index in [0.717, 1.165) is 4.88 Å². The number of thiophene rings is 1. The standard InChI is InChI=1S/C14H16N2O3S/c1-9-5-6-12(20-9)10(2)15-14(19)11-4-3-7-16(11)8-13(17)18/h3-7,10H,8H2,1-2H3,(H,15,19)(H,17,18). The summed E-state index contributed by atoms with van der Waals surface area (Å²) in [5.41, 5.74) is 0.354. The van der Waals surface area contributed by atoms with Crippen LogP contribution >= 0.6 is 11.3 Å². The molecule has 2 heterocycles. The van der Waals surface area contributed by atoms with Crippen molar-refractivity contribution in [1.82, 2.24) is 9.88 Å². The summed E-state index contributed by atoms with van der Waals surface area (Å²) >= 11 is 1.63. The lowest BCUT2D eigenvalue weighted by molar-refractivity contribution is -0.137. The number of carboxylic acids is 1. The Bertz CT molecular complexity index is 630. The number of carbonyl (C=O) groups excluding carboxylic acids is 1. The normalized spacial score (nSPS) is 12.1. The van der Waals surface area contributed by atoms with Gasteiger partial charge in [0, 0.05) is 16.0 Å². The number of nitrogens with zero attached hydrogens (tertiary/aromatic N) is 1. The summed E-state index contributed by atoms with van der Waals surface area (Å²) in [6.45, 7) is 3.70. The van der Waals surface area contributed by atoms with E-state index >= 15 is 0 Å². The summed E-state index contributed by atoms with van der Waals surface area (Å²) in [5.74, 6) is -1.24. The zero-order valence-electron chi connectivity index (χ0n) is 11.3. The van der Waals surface area contributed by atoms with Crippen molar-refractivity contribution in [1.29, 1.82) is 0 Å². The SMILES string of the molecule is Cc1ccc(C(C)NC(=O)c2cccn2CC(=O)O)s1. The molecular formula is C14H16N2O3S. The molecule has 2 N–H and O–H groups in total. The molecule has 2 aromatic rings. The highest BCUT2D eigenvalue weighted by atomic mass is 32.1. The van der Waals surface area contributed by atoms with Crippen molar-refractivity contribution < 1.29 is 14.7 Å². The minimum Gasteiger partial charge on any atom is -0.480 e. The van der Waals surface area contributed by atoms with Gasteiger partial charge in [-0.05, 0) is 38.1 Å². The van der Waals surface area contributed by atoms with Gasteiger partial charge >= 0.3 is 5.97 Å². The molecule has 2 rings (SSSR count). The predicted molar refractivity (Wildman–Crippen MR) is 77.0 cm³/mol. The monoisotopic (exact) mass is 292 g/mol. The molecule has 0 saturated heterocycles. The zero-order valence-corrected chi connectivity index (χ0v) is 12.1. The van der Waals surface area contributed by atoms with E-state index in [4.69, 9.17) is 5.11 Å². The maximum absolute atomic E-state index is 12.2. The molecule has 0 aromatic carbocycles. The average Bonchev–Trinajstić information content (AvgIpc) is 2.97. The Morgan fingerprint density at radius 1 is 1.40 bits per heavy atom. The van der Waals surface area contributed by atoms with Crippen molar-refractivity contribution in [2.45, 2.75) is 26.4 Å². The van der Waals surface area contributed by atoms with Crippen molar-refractivity contribution in [2.24, 2.45) is 0 Å². The topological polar surface area (TPSA) is 71.3 Å². The minimum atomic E-state index is -0.975. The Morgan fingerprint density at radius 3 is 2.75 bits per heavy atom. The first-order valence-electron chi connectivity index (χ1n) is 6.21. The van der Waals surface area contributed by atoms with Gasteiger partial charge in [-0.3, -0.25) is 9.59 Å². The minimum absolute atomic E-state index is 0.102. The van der Waals surface area contributed by atoms with Crippen molar-refractivity contribution in [3.63, 3.8) is 0 Å². The van der Waals surface area contributed by atoms with Crippen LogP contribution in [0.1, 0.15) is 33.2 Å². The number of aromatic nitrogens is 1. The van der Waals surface area contributed by atoms with Crippen molar-refractivity contribution in [2.75, 3.05) is 0 Å². The van der Waals surface area contributed by atoms with E-state index in [0.29, 0.717) is 5.69 Å². The third-order valence-electron chi connectivity index (χ3n) is 2.90. The van der Waals surface area contributed by atoms with E-state index < -0.39 is 5.97 Å². The second-order valence-electron chi connectivity index (χ2n) is 4.56. The molecule has 0 spiro atoms. The average molecular weight is 292 g/mol. The number of carboxylic acid groups (broad SMARTS) is 1. The van der Waals surface area contributed by atoms with E-state index in [1.807, 2.05) is 26.0 Å². The number of rotatable bonds is 5. The van der Waals surface area contributed by atoms with E-state index in [1.165, 1.54) is 9.44 Å². The van der Waals surface area contributed by atoms with Gasteiger partial charge in [0.25, 0.3) is 5.91 Å². The van der Waals surface area contributed by atoms with Gasteiger partial charge in [0.2, 0.25) is 0 Å². The van der Waals surface area contributed by atoms with Crippen LogP contribution in [0.3, 0.4) is 0 Å². The molecule has 2 aromatic heterocycles. The van der Waals surface area contributed by atoms with Gasteiger partial charge in [0.05, 0.1) is 6.04 Å². The lowest BCUT2D eigenvalue weighted by atomic mass is 10.2.